The van der Waals surface area contributed by atoms with Crippen molar-refractivity contribution < 1.29 is 10.2 Å². The highest BCUT2D eigenvalue weighted by atomic mass is 31.4. The average Bonchev–Trinajstić information content (AvgIpc) is 2.38. The molecule has 0 aromatic heterocycles. The second kappa shape index (κ2) is 8.81. The Hall–Kier alpha value is -0.213. The zero-order chi connectivity index (χ0) is 13.4. The van der Waals surface area contributed by atoms with E-state index in [1.54, 1.807) is 5.19 Å². The minimum Gasteiger partial charge on any atom is -0.396 e. The second-order valence-corrected chi connectivity index (χ2v) is 11.7. The smallest absolute Gasteiger partial charge is 0.0821 e. The molecule has 0 amide bonds. The number of benzene rings is 1. The first-order valence-electron chi connectivity index (χ1n) is 6.68. The van der Waals surface area contributed by atoms with Crippen LogP contribution in [0.25, 0.3) is 0 Å². The first-order valence-corrected chi connectivity index (χ1v) is 11.2. The van der Waals surface area contributed by atoms with E-state index in [0.29, 0.717) is 13.2 Å². The molecule has 1 aromatic rings. The molecule has 0 saturated carbocycles. The van der Waals surface area contributed by atoms with Gasteiger partial charge in [0.1, 0.15) is 0 Å². The number of aryl methyl sites for hydroxylation is 1. The van der Waals surface area contributed by atoms with Gasteiger partial charge in [-0.3, -0.25) is 0 Å². The lowest BCUT2D eigenvalue weighted by Gasteiger charge is -2.18. The van der Waals surface area contributed by atoms with Gasteiger partial charge in [-0.25, -0.2) is 0 Å². The van der Waals surface area contributed by atoms with Crippen LogP contribution in [0.1, 0.15) is 24.0 Å². The van der Waals surface area contributed by atoms with Crippen LogP contribution in [0, 0.1) is 13.8 Å². The van der Waals surface area contributed by atoms with E-state index >= 15 is 0 Å². The number of aliphatic hydroxyl groups is 2. The van der Waals surface area contributed by atoms with Crippen LogP contribution in [0.3, 0.4) is 0 Å². The van der Waals surface area contributed by atoms with Crippen molar-refractivity contribution in [3.8, 4) is 0 Å². The maximum absolute atomic E-state index is 8.98. The van der Waals surface area contributed by atoms with Crippen LogP contribution in [0.2, 0.25) is 0 Å². The van der Waals surface area contributed by atoms with Gasteiger partial charge >= 0.3 is 0 Å². The third kappa shape index (κ3) is 5.19. The minimum atomic E-state index is -0.246. The topological polar surface area (TPSA) is 40.5 Å². The quantitative estimate of drug-likeness (QED) is 0.557. The van der Waals surface area contributed by atoms with Gasteiger partial charge in [0.15, 0.2) is 0 Å². The fourth-order valence-electron chi connectivity index (χ4n) is 2.08. The molecular weight excluding hydrogens is 259 g/mol. The van der Waals surface area contributed by atoms with Crippen molar-refractivity contribution in [3.63, 3.8) is 0 Å². The Morgan fingerprint density at radius 1 is 1.06 bits per heavy atom. The monoisotopic (exact) mass is 284 g/mol. The van der Waals surface area contributed by atoms with Gasteiger partial charge in [0.05, 0.1) is 9.19 Å². The first kappa shape index (κ1) is 15.8. The summed E-state index contributed by atoms with van der Waals surface area (Å²) >= 11 is 0. The van der Waals surface area contributed by atoms with E-state index in [0.717, 1.165) is 12.8 Å². The van der Waals surface area contributed by atoms with Crippen LogP contribution in [0.4, 0.5) is 0 Å². The Morgan fingerprint density at radius 3 is 2.22 bits per heavy atom. The maximum Gasteiger partial charge on any atom is 0.0821 e. The number of hydrogen-bond donors (Lipinski definition) is 2. The number of aliphatic hydroxyl groups excluding tert-OH is 2. The SMILES string of the molecule is Cc1cccc([SiH2]P(CCCO)CCCO)c1C. The molecular formula is C14H25O2PSi. The minimum absolute atomic E-state index is 0.0416. The fraction of sp³-hybridized carbons (Fsp3) is 0.571. The molecule has 0 spiro atoms. The largest absolute Gasteiger partial charge is 0.396 e. The molecule has 0 bridgehead atoms. The van der Waals surface area contributed by atoms with Crippen LogP contribution in [-0.2, 0) is 0 Å². The van der Waals surface area contributed by atoms with Crippen molar-refractivity contribution in [3.05, 3.63) is 29.3 Å². The second-order valence-electron chi connectivity index (χ2n) is 4.79. The maximum atomic E-state index is 8.98. The van der Waals surface area contributed by atoms with Gasteiger partial charge in [-0.1, -0.05) is 23.4 Å². The Morgan fingerprint density at radius 2 is 1.67 bits per heavy atom. The number of rotatable bonds is 8. The zero-order valence-corrected chi connectivity index (χ0v) is 13.8. The highest BCUT2D eigenvalue weighted by molar-refractivity contribution is 7.87. The molecule has 0 aliphatic rings. The summed E-state index contributed by atoms with van der Waals surface area (Å²) in [6.07, 6.45) is 4.20. The summed E-state index contributed by atoms with van der Waals surface area (Å²) in [6.45, 7) is 5.01. The van der Waals surface area contributed by atoms with Crippen molar-refractivity contribution >= 4 is 21.8 Å². The van der Waals surface area contributed by atoms with Crippen LogP contribution in [-0.4, -0.2) is 44.9 Å². The lowest BCUT2D eigenvalue weighted by molar-refractivity contribution is 0.294. The predicted octanol–water partition coefficient (Wildman–Crippen LogP) is 1.26. The Balaban J connectivity index is 2.65. The normalized spacial score (nSPS) is 11.8. The molecule has 0 radical (unpaired) electrons. The van der Waals surface area contributed by atoms with E-state index in [1.165, 1.54) is 23.5 Å². The van der Waals surface area contributed by atoms with Gasteiger partial charge < -0.3 is 10.2 Å². The fourth-order valence-corrected chi connectivity index (χ4v) is 9.80. The van der Waals surface area contributed by atoms with Gasteiger partial charge in [0.2, 0.25) is 0 Å². The van der Waals surface area contributed by atoms with Crippen LogP contribution in [0.5, 0.6) is 0 Å². The molecule has 0 saturated heterocycles. The summed E-state index contributed by atoms with van der Waals surface area (Å²) in [5.74, 6) is 0. The van der Waals surface area contributed by atoms with Gasteiger partial charge in [-0.2, -0.15) is 0 Å². The van der Waals surface area contributed by atoms with E-state index in [4.69, 9.17) is 10.2 Å². The lowest BCUT2D eigenvalue weighted by Crippen LogP contribution is -2.19. The molecule has 4 heteroatoms. The lowest BCUT2D eigenvalue weighted by atomic mass is 10.1. The summed E-state index contributed by atoms with van der Waals surface area (Å²) in [5, 5.41) is 19.5. The van der Waals surface area contributed by atoms with Crippen LogP contribution in [0.15, 0.2) is 18.2 Å². The molecule has 102 valence electrons. The van der Waals surface area contributed by atoms with Crippen molar-refractivity contribution in [1.29, 1.82) is 0 Å². The molecule has 2 N–H and O–H groups in total. The molecule has 1 aromatic carbocycles. The van der Waals surface area contributed by atoms with Crippen molar-refractivity contribution in [1.82, 2.24) is 0 Å². The Labute approximate surface area is 114 Å². The highest BCUT2D eigenvalue weighted by Gasteiger charge is 2.11. The summed E-state index contributed by atoms with van der Waals surface area (Å²) in [4.78, 5) is 0. The van der Waals surface area contributed by atoms with Gasteiger partial charge in [-0.05, 0) is 50.1 Å². The van der Waals surface area contributed by atoms with E-state index in [-0.39, 0.29) is 16.7 Å². The summed E-state index contributed by atoms with van der Waals surface area (Å²) in [6, 6.07) is 6.62. The standard InChI is InChI=1S/C14H25O2PSi/c1-12-6-3-7-14(13(12)2)18-17(10-4-8-15)11-5-9-16/h3,6-7,15-16H,4-5,8-11,18H2,1-2H3. The van der Waals surface area contributed by atoms with Crippen molar-refractivity contribution in [2.45, 2.75) is 26.7 Å². The summed E-state index contributed by atoms with van der Waals surface area (Å²) in [5.41, 5.74) is 2.85. The van der Waals surface area contributed by atoms with Crippen molar-refractivity contribution in [2.75, 3.05) is 25.5 Å². The molecule has 0 heterocycles. The summed E-state index contributed by atoms with van der Waals surface area (Å²) < 4.78 is 0. The molecule has 0 atom stereocenters. The van der Waals surface area contributed by atoms with Gasteiger partial charge in [-0.15, -0.1) is 7.47 Å². The molecule has 2 nitrogen and oxygen atoms in total. The van der Waals surface area contributed by atoms with Gasteiger partial charge in [0.25, 0.3) is 0 Å². The Kier molecular flexibility index (Phi) is 7.76. The zero-order valence-electron chi connectivity index (χ0n) is 11.5. The van der Waals surface area contributed by atoms with Crippen LogP contribution < -0.4 is 5.19 Å². The van der Waals surface area contributed by atoms with E-state index < -0.39 is 0 Å². The Bertz CT molecular complexity index is 350. The molecule has 0 fully saturated rings. The predicted molar refractivity (Wildman–Crippen MR) is 84.2 cm³/mol. The third-order valence-corrected chi connectivity index (χ3v) is 11.1. The van der Waals surface area contributed by atoms with Crippen LogP contribution >= 0.6 is 7.47 Å². The molecule has 0 aliphatic heterocycles. The third-order valence-electron chi connectivity index (χ3n) is 3.38. The number of hydrogen-bond acceptors (Lipinski definition) is 2. The highest BCUT2D eigenvalue weighted by Crippen LogP contribution is 2.34. The molecule has 1 rings (SSSR count). The van der Waals surface area contributed by atoms with E-state index in [1.807, 2.05) is 0 Å². The summed E-state index contributed by atoms with van der Waals surface area (Å²) in [7, 11) is -0.204. The van der Waals surface area contributed by atoms with Gasteiger partial charge in [0, 0.05) is 13.2 Å². The molecule has 0 aliphatic carbocycles. The average molecular weight is 284 g/mol. The van der Waals surface area contributed by atoms with E-state index in [9.17, 15) is 0 Å². The van der Waals surface area contributed by atoms with E-state index in [2.05, 4.69) is 32.0 Å². The van der Waals surface area contributed by atoms with Crippen molar-refractivity contribution in [2.24, 2.45) is 0 Å². The first-order chi connectivity index (χ1) is 8.69. The molecule has 0 unspecified atom stereocenters. The molecule has 18 heavy (non-hydrogen) atoms.